The fourth-order valence-corrected chi connectivity index (χ4v) is 1.41. The van der Waals surface area contributed by atoms with Crippen molar-refractivity contribution >= 4 is 5.97 Å². The van der Waals surface area contributed by atoms with Gasteiger partial charge >= 0.3 is 5.97 Å². The number of pyridine rings is 1. The first-order valence-corrected chi connectivity index (χ1v) is 4.81. The average Bonchev–Trinajstić information content (AvgIpc) is 2.60. The number of imidazole rings is 1. The van der Waals surface area contributed by atoms with E-state index in [0.717, 1.165) is 11.4 Å². The lowest BCUT2D eigenvalue weighted by Gasteiger charge is -2.04. The first-order valence-electron chi connectivity index (χ1n) is 4.81. The molecule has 5 heteroatoms. The van der Waals surface area contributed by atoms with Crippen LogP contribution in [0.2, 0.25) is 0 Å². The molecule has 2 aromatic heterocycles. The van der Waals surface area contributed by atoms with Crippen LogP contribution in [-0.2, 0) is 0 Å². The van der Waals surface area contributed by atoms with Crippen LogP contribution in [0.4, 0.5) is 0 Å². The zero-order valence-corrected chi connectivity index (χ0v) is 9.01. The van der Waals surface area contributed by atoms with Crippen LogP contribution in [0, 0.1) is 13.8 Å². The van der Waals surface area contributed by atoms with Crippen molar-refractivity contribution < 1.29 is 9.90 Å². The van der Waals surface area contributed by atoms with Gasteiger partial charge in [-0.15, -0.1) is 0 Å². The molecule has 0 saturated carbocycles. The summed E-state index contributed by atoms with van der Waals surface area (Å²) in [6.45, 7) is 3.81. The van der Waals surface area contributed by atoms with Gasteiger partial charge in [-0.2, -0.15) is 0 Å². The second kappa shape index (κ2) is 3.77. The number of rotatable bonds is 2. The maximum atomic E-state index is 10.8. The van der Waals surface area contributed by atoms with Crippen molar-refractivity contribution in [2.24, 2.45) is 0 Å². The van der Waals surface area contributed by atoms with Crippen LogP contribution >= 0.6 is 0 Å². The summed E-state index contributed by atoms with van der Waals surface area (Å²) in [5.74, 6) is -0.464. The SMILES string of the molecule is Cc1ncn(-c2cccc(C(=O)O)n2)c1C. The highest BCUT2D eigenvalue weighted by Gasteiger charge is 2.08. The van der Waals surface area contributed by atoms with E-state index in [1.807, 2.05) is 13.8 Å². The van der Waals surface area contributed by atoms with Gasteiger partial charge in [0.1, 0.15) is 12.1 Å². The van der Waals surface area contributed by atoms with Gasteiger partial charge in [-0.1, -0.05) is 6.07 Å². The molecule has 2 aromatic rings. The van der Waals surface area contributed by atoms with E-state index in [-0.39, 0.29) is 5.69 Å². The van der Waals surface area contributed by atoms with E-state index in [4.69, 9.17) is 5.11 Å². The Balaban J connectivity index is 2.52. The normalized spacial score (nSPS) is 10.4. The highest BCUT2D eigenvalue weighted by molar-refractivity contribution is 5.85. The molecular formula is C11H11N3O2. The number of hydrogen-bond acceptors (Lipinski definition) is 3. The molecule has 2 heterocycles. The van der Waals surface area contributed by atoms with E-state index in [1.165, 1.54) is 6.07 Å². The van der Waals surface area contributed by atoms with Crippen molar-refractivity contribution in [3.63, 3.8) is 0 Å². The van der Waals surface area contributed by atoms with Gasteiger partial charge in [-0.3, -0.25) is 4.57 Å². The molecule has 0 unspecified atom stereocenters. The van der Waals surface area contributed by atoms with Gasteiger partial charge < -0.3 is 5.11 Å². The molecule has 0 aliphatic carbocycles. The molecule has 0 bridgehead atoms. The lowest BCUT2D eigenvalue weighted by molar-refractivity contribution is 0.0690. The third kappa shape index (κ3) is 1.67. The first kappa shape index (κ1) is 10.4. The van der Waals surface area contributed by atoms with Crippen LogP contribution < -0.4 is 0 Å². The van der Waals surface area contributed by atoms with Crippen LogP contribution in [0.3, 0.4) is 0 Å². The molecule has 16 heavy (non-hydrogen) atoms. The van der Waals surface area contributed by atoms with Crippen molar-refractivity contribution in [2.75, 3.05) is 0 Å². The minimum Gasteiger partial charge on any atom is -0.477 e. The molecule has 0 aliphatic rings. The van der Waals surface area contributed by atoms with Gasteiger partial charge in [0.2, 0.25) is 0 Å². The van der Waals surface area contributed by atoms with E-state index in [9.17, 15) is 4.79 Å². The number of aromatic nitrogens is 3. The molecule has 0 radical (unpaired) electrons. The van der Waals surface area contributed by atoms with Gasteiger partial charge in [0, 0.05) is 5.69 Å². The zero-order valence-electron chi connectivity index (χ0n) is 9.01. The Morgan fingerprint density at radius 3 is 2.69 bits per heavy atom. The number of aromatic carboxylic acids is 1. The standard InChI is InChI=1S/C11H11N3O2/c1-7-8(2)14(6-12-7)10-5-3-4-9(13-10)11(15)16/h3-6H,1-2H3,(H,15,16). The van der Waals surface area contributed by atoms with Gasteiger partial charge in [0.25, 0.3) is 0 Å². The quantitative estimate of drug-likeness (QED) is 0.829. The number of carboxylic acids is 1. The van der Waals surface area contributed by atoms with Crippen molar-refractivity contribution in [1.29, 1.82) is 0 Å². The largest absolute Gasteiger partial charge is 0.477 e. The lowest BCUT2D eigenvalue weighted by atomic mass is 10.3. The summed E-state index contributed by atoms with van der Waals surface area (Å²) in [7, 11) is 0. The first-order chi connectivity index (χ1) is 7.59. The highest BCUT2D eigenvalue weighted by Crippen LogP contribution is 2.11. The van der Waals surface area contributed by atoms with Crippen LogP contribution in [0.1, 0.15) is 21.9 Å². The monoisotopic (exact) mass is 217 g/mol. The Bertz CT molecular complexity index is 546. The molecule has 5 nitrogen and oxygen atoms in total. The summed E-state index contributed by atoms with van der Waals surface area (Å²) in [6.07, 6.45) is 1.64. The Morgan fingerprint density at radius 1 is 1.38 bits per heavy atom. The number of nitrogens with zero attached hydrogens (tertiary/aromatic N) is 3. The van der Waals surface area contributed by atoms with Crippen LogP contribution in [0.15, 0.2) is 24.5 Å². The maximum Gasteiger partial charge on any atom is 0.354 e. The van der Waals surface area contributed by atoms with Gasteiger partial charge in [0.15, 0.2) is 5.69 Å². The molecule has 0 amide bonds. The van der Waals surface area contributed by atoms with Crippen LogP contribution in [0.25, 0.3) is 5.82 Å². The zero-order chi connectivity index (χ0) is 11.7. The smallest absolute Gasteiger partial charge is 0.354 e. The Labute approximate surface area is 92.4 Å². The molecule has 0 saturated heterocycles. The minimum atomic E-state index is -1.03. The van der Waals surface area contributed by atoms with E-state index in [1.54, 1.807) is 23.0 Å². The minimum absolute atomic E-state index is 0.0308. The Morgan fingerprint density at radius 2 is 2.12 bits per heavy atom. The summed E-state index contributed by atoms with van der Waals surface area (Å²) in [6, 6.07) is 4.88. The second-order valence-corrected chi connectivity index (χ2v) is 3.47. The van der Waals surface area contributed by atoms with Gasteiger partial charge in [-0.05, 0) is 26.0 Å². The topological polar surface area (TPSA) is 68.0 Å². The number of carboxylic acid groups (broad SMARTS) is 1. The predicted octanol–water partition coefficient (Wildman–Crippen LogP) is 1.58. The molecule has 0 fully saturated rings. The van der Waals surface area contributed by atoms with E-state index in [0.29, 0.717) is 5.82 Å². The Kier molecular flexibility index (Phi) is 2.44. The summed E-state index contributed by atoms with van der Waals surface area (Å²) in [5.41, 5.74) is 1.89. The average molecular weight is 217 g/mol. The number of carbonyl (C=O) groups is 1. The molecule has 0 aromatic carbocycles. The molecule has 82 valence electrons. The van der Waals surface area contributed by atoms with Crippen molar-refractivity contribution in [3.05, 3.63) is 41.6 Å². The molecule has 0 atom stereocenters. The summed E-state index contributed by atoms with van der Waals surface area (Å²) in [4.78, 5) is 19.0. The van der Waals surface area contributed by atoms with Crippen LogP contribution in [0.5, 0.6) is 0 Å². The van der Waals surface area contributed by atoms with Crippen LogP contribution in [-0.4, -0.2) is 25.6 Å². The van der Waals surface area contributed by atoms with E-state index in [2.05, 4.69) is 9.97 Å². The Hall–Kier alpha value is -2.17. The lowest BCUT2D eigenvalue weighted by Crippen LogP contribution is -2.05. The predicted molar refractivity (Wildman–Crippen MR) is 57.8 cm³/mol. The molecule has 2 rings (SSSR count). The second-order valence-electron chi connectivity index (χ2n) is 3.47. The highest BCUT2D eigenvalue weighted by atomic mass is 16.4. The fourth-order valence-electron chi connectivity index (χ4n) is 1.41. The molecular weight excluding hydrogens is 206 g/mol. The van der Waals surface area contributed by atoms with Gasteiger partial charge in [0.05, 0.1) is 5.69 Å². The van der Waals surface area contributed by atoms with Crippen molar-refractivity contribution in [1.82, 2.24) is 14.5 Å². The third-order valence-corrected chi connectivity index (χ3v) is 2.45. The van der Waals surface area contributed by atoms with E-state index >= 15 is 0 Å². The third-order valence-electron chi connectivity index (χ3n) is 2.45. The van der Waals surface area contributed by atoms with E-state index < -0.39 is 5.97 Å². The fraction of sp³-hybridized carbons (Fsp3) is 0.182. The molecule has 0 aliphatic heterocycles. The maximum absolute atomic E-state index is 10.8. The molecule has 0 spiro atoms. The van der Waals surface area contributed by atoms with Gasteiger partial charge in [-0.25, -0.2) is 14.8 Å². The summed E-state index contributed by atoms with van der Waals surface area (Å²) in [5, 5.41) is 8.84. The molecule has 1 N–H and O–H groups in total. The number of aryl methyl sites for hydroxylation is 1. The number of hydrogen-bond donors (Lipinski definition) is 1. The van der Waals surface area contributed by atoms with Crippen molar-refractivity contribution in [2.45, 2.75) is 13.8 Å². The van der Waals surface area contributed by atoms with Crippen molar-refractivity contribution in [3.8, 4) is 5.82 Å². The summed E-state index contributed by atoms with van der Waals surface area (Å²) >= 11 is 0. The summed E-state index contributed by atoms with van der Waals surface area (Å²) < 4.78 is 1.77.